The highest BCUT2D eigenvalue weighted by Gasteiger charge is 2.50. The number of carboxylic acid groups (broad SMARTS) is 1. The summed E-state index contributed by atoms with van der Waals surface area (Å²) in [5.41, 5.74) is 1.20. The Morgan fingerprint density at radius 2 is 1.74 bits per heavy atom. The number of hydrogen-bond acceptors (Lipinski definition) is 3. The van der Waals surface area contributed by atoms with Crippen molar-refractivity contribution in [3.05, 3.63) is 54.1 Å². The highest BCUT2D eigenvalue weighted by molar-refractivity contribution is 5.86. The molecule has 1 saturated carbocycles. The molecule has 1 heterocycles. The number of fused-ring (bicyclic) bond motifs is 2. The number of carboxylic acids is 1. The predicted octanol–water partition coefficient (Wildman–Crippen LogP) is -0.385. The summed E-state index contributed by atoms with van der Waals surface area (Å²) in [6, 6.07) is 10.2. The van der Waals surface area contributed by atoms with Crippen LogP contribution in [-0.4, -0.2) is 49.5 Å². The number of carbonyl (C=O) groups is 2. The van der Waals surface area contributed by atoms with Crippen LogP contribution in [0.25, 0.3) is 6.08 Å². The van der Waals surface area contributed by atoms with Crippen LogP contribution in [0.5, 0.6) is 0 Å². The normalized spacial score (nSPS) is 30.3. The van der Waals surface area contributed by atoms with Crippen molar-refractivity contribution in [1.29, 1.82) is 0 Å². The van der Waals surface area contributed by atoms with Gasteiger partial charge in [0.25, 0.3) is 0 Å². The van der Waals surface area contributed by atoms with Gasteiger partial charge in [-0.3, -0.25) is 4.79 Å². The quantitative estimate of drug-likeness (QED) is 0.723. The molecule has 2 bridgehead atoms. The van der Waals surface area contributed by atoms with E-state index in [9.17, 15) is 14.7 Å². The lowest BCUT2D eigenvalue weighted by Crippen LogP contribution is -3.14. The van der Waals surface area contributed by atoms with Crippen molar-refractivity contribution in [2.45, 2.75) is 6.42 Å². The van der Waals surface area contributed by atoms with Crippen molar-refractivity contribution in [2.24, 2.45) is 23.7 Å². The van der Waals surface area contributed by atoms with Gasteiger partial charge in [0.1, 0.15) is 0 Å². The van der Waals surface area contributed by atoms with Gasteiger partial charge in [-0.2, -0.15) is 0 Å². The molecular weight excluding hydrogens is 340 g/mol. The van der Waals surface area contributed by atoms with E-state index < -0.39 is 17.8 Å². The van der Waals surface area contributed by atoms with Crippen LogP contribution >= 0.6 is 0 Å². The van der Waals surface area contributed by atoms with Gasteiger partial charge in [0.05, 0.1) is 38.6 Å². The predicted molar refractivity (Wildman–Crippen MR) is 100 cm³/mol. The number of amides is 1. The SMILES string of the molecule is O=C([O-])[C@@H]1[C@@H](C(=O)N2CC[NH+](C/C=C/c3ccccc3)CC2)[C@@H]2C=C[C@H]1C2. The van der Waals surface area contributed by atoms with E-state index in [0.29, 0.717) is 13.1 Å². The second-order valence-corrected chi connectivity index (χ2v) is 7.91. The van der Waals surface area contributed by atoms with Gasteiger partial charge in [0, 0.05) is 11.9 Å². The number of carbonyl (C=O) groups excluding carboxylic acids is 2. The summed E-state index contributed by atoms with van der Waals surface area (Å²) in [6.45, 7) is 4.14. The molecule has 0 radical (unpaired) electrons. The maximum Gasteiger partial charge on any atom is 0.227 e. The Kier molecular flexibility index (Phi) is 5.12. The van der Waals surface area contributed by atoms with E-state index in [1.807, 2.05) is 35.3 Å². The number of benzene rings is 1. The van der Waals surface area contributed by atoms with Crippen molar-refractivity contribution in [3.63, 3.8) is 0 Å². The molecule has 4 rings (SSSR count). The molecule has 5 heteroatoms. The van der Waals surface area contributed by atoms with Gasteiger partial charge in [-0.25, -0.2) is 0 Å². The van der Waals surface area contributed by atoms with E-state index in [1.54, 1.807) is 0 Å². The Hall–Kier alpha value is -2.40. The van der Waals surface area contributed by atoms with Crippen molar-refractivity contribution in [3.8, 4) is 0 Å². The Morgan fingerprint density at radius 1 is 1.07 bits per heavy atom. The Balaban J connectivity index is 1.30. The van der Waals surface area contributed by atoms with E-state index in [2.05, 4.69) is 24.3 Å². The van der Waals surface area contributed by atoms with Crippen LogP contribution in [0, 0.1) is 23.7 Å². The molecule has 2 aliphatic carbocycles. The van der Waals surface area contributed by atoms with Crippen molar-refractivity contribution < 1.29 is 19.6 Å². The van der Waals surface area contributed by atoms with Gasteiger partial charge < -0.3 is 19.7 Å². The third-order valence-electron chi connectivity index (χ3n) is 6.32. The molecule has 1 N–H and O–H groups in total. The zero-order chi connectivity index (χ0) is 18.8. The molecule has 1 saturated heterocycles. The molecule has 5 nitrogen and oxygen atoms in total. The van der Waals surface area contributed by atoms with E-state index in [1.165, 1.54) is 10.5 Å². The fourth-order valence-corrected chi connectivity index (χ4v) is 4.86. The molecule has 0 aromatic heterocycles. The number of rotatable bonds is 5. The highest BCUT2D eigenvalue weighted by atomic mass is 16.4. The number of aliphatic carboxylic acids is 1. The molecule has 3 aliphatic rings. The average Bonchev–Trinajstić information content (AvgIpc) is 3.30. The second kappa shape index (κ2) is 7.69. The monoisotopic (exact) mass is 366 g/mol. The first-order valence-corrected chi connectivity index (χ1v) is 9.86. The Bertz CT molecular complexity index is 750. The summed E-state index contributed by atoms with van der Waals surface area (Å²) in [4.78, 5) is 27.9. The van der Waals surface area contributed by atoms with Crippen molar-refractivity contribution in [1.82, 2.24) is 4.90 Å². The van der Waals surface area contributed by atoms with Crippen LogP contribution in [-0.2, 0) is 9.59 Å². The van der Waals surface area contributed by atoms with Crippen LogP contribution in [0.4, 0.5) is 0 Å². The summed E-state index contributed by atoms with van der Waals surface area (Å²) in [5.74, 6) is -2.08. The van der Waals surface area contributed by atoms with Gasteiger partial charge in [0.15, 0.2) is 0 Å². The molecule has 1 aromatic carbocycles. The minimum absolute atomic E-state index is 0.0138. The van der Waals surface area contributed by atoms with Crippen LogP contribution in [0.1, 0.15) is 12.0 Å². The molecule has 142 valence electrons. The van der Waals surface area contributed by atoms with Gasteiger partial charge >= 0.3 is 0 Å². The second-order valence-electron chi connectivity index (χ2n) is 7.91. The summed E-state index contributed by atoms with van der Waals surface area (Å²) in [5, 5.41) is 11.5. The molecule has 0 unspecified atom stereocenters. The standard InChI is InChI=1S/C22H26N2O3/c25-21(19-17-8-9-18(15-17)20(19)22(26)27)24-13-11-23(12-14-24)10-4-7-16-5-2-1-3-6-16/h1-9,17-20H,10-15H2,(H,26,27)/b7-4+/t17-,18+,19+,20+/m1/s1. The summed E-state index contributed by atoms with van der Waals surface area (Å²) < 4.78 is 0. The molecule has 1 aliphatic heterocycles. The number of quaternary nitrogens is 1. The van der Waals surface area contributed by atoms with Crippen molar-refractivity contribution in [2.75, 3.05) is 32.7 Å². The van der Waals surface area contributed by atoms with E-state index in [0.717, 1.165) is 26.1 Å². The third kappa shape index (κ3) is 3.69. The van der Waals surface area contributed by atoms with Crippen LogP contribution in [0.3, 0.4) is 0 Å². The smallest absolute Gasteiger partial charge is 0.227 e. The fourth-order valence-electron chi connectivity index (χ4n) is 4.86. The van der Waals surface area contributed by atoms with E-state index in [4.69, 9.17) is 0 Å². The van der Waals surface area contributed by atoms with Gasteiger partial charge in [-0.05, 0) is 29.9 Å². The molecular formula is C22H26N2O3. The number of nitrogens with zero attached hydrogens (tertiary/aromatic N) is 1. The molecule has 27 heavy (non-hydrogen) atoms. The molecule has 4 atom stereocenters. The maximum atomic E-state index is 13.0. The van der Waals surface area contributed by atoms with Crippen LogP contribution < -0.4 is 10.0 Å². The minimum atomic E-state index is -1.07. The minimum Gasteiger partial charge on any atom is -0.550 e. The lowest BCUT2D eigenvalue weighted by Gasteiger charge is -2.36. The number of nitrogens with one attached hydrogen (secondary N) is 1. The van der Waals surface area contributed by atoms with Crippen LogP contribution in [0.2, 0.25) is 0 Å². The number of hydrogen-bond donors (Lipinski definition) is 1. The first-order valence-electron chi connectivity index (χ1n) is 9.86. The topological polar surface area (TPSA) is 64.9 Å². The molecule has 0 spiro atoms. The van der Waals surface area contributed by atoms with Gasteiger partial charge in [-0.15, -0.1) is 0 Å². The average molecular weight is 366 g/mol. The summed E-state index contributed by atoms with van der Waals surface area (Å²) in [7, 11) is 0. The van der Waals surface area contributed by atoms with E-state index >= 15 is 0 Å². The fraction of sp³-hybridized carbons (Fsp3) is 0.455. The summed E-state index contributed by atoms with van der Waals surface area (Å²) in [6.07, 6.45) is 9.09. The number of piperazine rings is 1. The molecule has 1 amide bonds. The zero-order valence-corrected chi connectivity index (χ0v) is 15.4. The molecule has 2 fully saturated rings. The Morgan fingerprint density at radius 3 is 2.41 bits per heavy atom. The first-order chi connectivity index (χ1) is 13.1. The van der Waals surface area contributed by atoms with Crippen LogP contribution in [0.15, 0.2) is 48.6 Å². The largest absolute Gasteiger partial charge is 0.550 e. The lowest BCUT2D eigenvalue weighted by atomic mass is 9.82. The van der Waals surface area contributed by atoms with Crippen molar-refractivity contribution >= 4 is 18.0 Å². The third-order valence-corrected chi connectivity index (χ3v) is 6.32. The Labute approximate surface area is 160 Å². The molecule has 1 aromatic rings. The maximum absolute atomic E-state index is 13.0. The first kappa shape index (κ1) is 18.0. The lowest BCUT2D eigenvalue weighted by molar-refractivity contribution is -0.898. The van der Waals surface area contributed by atoms with Gasteiger partial charge in [-0.1, -0.05) is 48.6 Å². The zero-order valence-electron chi connectivity index (χ0n) is 15.4. The highest BCUT2D eigenvalue weighted by Crippen LogP contribution is 2.48. The van der Waals surface area contributed by atoms with Gasteiger partial charge in [0.2, 0.25) is 5.91 Å². The van der Waals surface area contributed by atoms with E-state index in [-0.39, 0.29) is 17.7 Å². The number of allylic oxidation sites excluding steroid dienone is 2. The summed E-state index contributed by atoms with van der Waals surface area (Å²) >= 11 is 0.